The molecule has 0 aromatic heterocycles. The summed E-state index contributed by atoms with van der Waals surface area (Å²) in [5.41, 5.74) is 0.0273. The van der Waals surface area contributed by atoms with Gasteiger partial charge in [0.2, 0.25) is 5.91 Å². The number of carbonyl (C=O) groups excluding carboxylic acids is 2. The first-order valence-electron chi connectivity index (χ1n) is 8.58. The molecule has 1 amide bonds. The Morgan fingerprint density at radius 2 is 1.79 bits per heavy atom. The van der Waals surface area contributed by atoms with Crippen molar-refractivity contribution in [2.75, 3.05) is 18.0 Å². The van der Waals surface area contributed by atoms with Gasteiger partial charge in [0, 0.05) is 6.04 Å². The predicted molar refractivity (Wildman–Crippen MR) is 105 cm³/mol. The van der Waals surface area contributed by atoms with E-state index in [0.29, 0.717) is 0 Å². The van der Waals surface area contributed by atoms with E-state index in [4.69, 9.17) is 16.3 Å². The van der Waals surface area contributed by atoms with Crippen LogP contribution < -0.4 is 9.62 Å². The maximum Gasteiger partial charge on any atom is 0.339 e. The van der Waals surface area contributed by atoms with Crippen LogP contribution in [0.2, 0.25) is 5.02 Å². The number of methoxy groups -OCH3 is 1. The summed E-state index contributed by atoms with van der Waals surface area (Å²) in [7, 11) is -3.12. The molecule has 0 unspecified atom stereocenters. The van der Waals surface area contributed by atoms with Crippen LogP contribution in [0, 0.1) is 0 Å². The van der Waals surface area contributed by atoms with E-state index in [1.807, 2.05) is 0 Å². The largest absolute Gasteiger partial charge is 0.465 e. The zero-order valence-corrected chi connectivity index (χ0v) is 16.7. The molecule has 28 heavy (non-hydrogen) atoms. The van der Waals surface area contributed by atoms with Crippen molar-refractivity contribution in [3.8, 4) is 0 Å². The fraction of sp³-hybridized carbons (Fsp3) is 0.263. The molecule has 3 rings (SSSR count). The highest BCUT2D eigenvalue weighted by Gasteiger charge is 2.33. The number of esters is 1. The Hall–Kier alpha value is -2.58. The SMILES string of the molecule is COC(=O)c1ccccc1S(=O)(=O)N(CC(=O)NC1CC1)c1ccccc1Cl. The molecule has 2 aromatic rings. The monoisotopic (exact) mass is 422 g/mol. The molecule has 1 aliphatic rings. The van der Waals surface area contributed by atoms with E-state index in [2.05, 4.69) is 5.32 Å². The molecule has 2 aromatic carbocycles. The Kier molecular flexibility index (Phi) is 5.90. The number of nitrogens with one attached hydrogen (secondary N) is 1. The number of sulfonamides is 1. The lowest BCUT2D eigenvalue weighted by atomic mass is 10.2. The Balaban J connectivity index is 2.07. The summed E-state index contributed by atoms with van der Waals surface area (Å²) < 4.78 is 32.5. The van der Waals surface area contributed by atoms with Crippen LogP contribution in [0.3, 0.4) is 0 Å². The molecule has 1 N–H and O–H groups in total. The number of hydrogen-bond acceptors (Lipinski definition) is 5. The van der Waals surface area contributed by atoms with Crippen LogP contribution in [-0.2, 0) is 19.6 Å². The summed E-state index contributed by atoms with van der Waals surface area (Å²) >= 11 is 6.21. The van der Waals surface area contributed by atoms with Gasteiger partial charge in [-0.3, -0.25) is 9.10 Å². The first-order chi connectivity index (χ1) is 13.3. The van der Waals surface area contributed by atoms with E-state index >= 15 is 0 Å². The third-order valence-corrected chi connectivity index (χ3v) is 6.35. The summed E-state index contributed by atoms with van der Waals surface area (Å²) in [5.74, 6) is -1.23. The minimum atomic E-state index is -4.29. The van der Waals surface area contributed by atoms with Gasteiger partial charge in [0.15, 0.2) is 0 Å². The van der Waals surface area contributed by atoms with Crippen molar-refractivity contribution in [3.05, 3.63) is 59.1 Å². The van der Waals surface area contributed by atoms with Crippen LogP contribution in [0.25, 0.3) is 0 Å². The van der Waals surface area contributed by atoms with Crippen LogP contribution in [0.1, 0.15) is 23.2 Å². The first-order valence-corrected chi connectivity index (χ1v) is 10.4. The van der Waals surface area contributed by atoms with Crippen molar-refractivity contribution in [1.82, 2.24) is 5.32 Å². The van der Waals surface area contributed by atoms with Crippen LogP contribution in [0.15, 0.2) is 53.4 Å². The molecule has 0 atom stereocenters. The average Bonchev–Trinajstić information content (AvgIpc) is 3.50. The predicted octanol–water partition coefficient (Wildman–Crippen LogP) is 2.60. The smallest absolute Gasteiger partial charge is 0.339 e. The number of nitrogens with zero attached hydrogens (tertiary/aromatic N) is 1. The lowest BCUT2D eigenvalue weighted by Crippen LogP contribution is -2.42. The Bertz CT molecular complexity index is 1000. The van der Waals surface area contributed by atoms with Gasteiger partial charge in [0.25, 0.3) is 10.0 Å². The van der Waals surface area contributed by atoms with Crippen LogP contribution >= 0.6 is 11.6 Å². The Morgan fingerprint density at radius 1 is 1.14 bits per heavy atom. The molecule has 148 valence electrons. The highest BCUT2D eigenvalue weighted by molar-refractivity contribution is 7.93. The van der Waals surface area contributed by atoms with Gasteiger partial charge in [0.1, 0.15) is 11.4 Å². The molecule has 9 heteroatoms. The van der Waals surface area contributed by atoms with E-state index in [1.165, 1.54) is 43.5 Å². The van der Waals surface area contributed by atoms with E-state index in [1.54, 1.807) is 12.1 Å². The minimum Gasteiger partial charge on any atom is -0.465 e. The molecule has 0 spiro atoms. The Labute approximate surface area is 168 Å². The summed E-state index contributed by atoms with van der Waals surface area (Å²) in [6.45, 7) is -0.460. The van der Waals surface area contributed by atoms with Gasteiger partial charge in [0.05, 0.1) is 23.4 Å². The zero-order chi connectivity index (χ0) is 20.3. The highest BCUT2D eigenvalue weighted by atomic mass is 35.5. The van der Waals surface area contributed by atoms with E-state index < -0.39 is 28.4 Å². The van der Waals surface area contributed by atoms with Crippen molar-refractivity contribution in [1.29, 1.82) is 0 Å². The highest BCUT2D eigenvalue weighted by Crippen LogP contribution is 2.31. The summed E-state index contributed by atoms with van der Waals surface area (Å²) in [5, 5.41) is 2.93. The van der Waals surface area contributed by atoms with Crippen molar-refractivity contribution < 1.29 is 22.7 Å². The van der Waals surface area contributed by atoms with Gasteiger partial charge in [-0.25, -0.2) is 13.2 Å². The number of para-hydroxylation sites is 1. The van der Waals surface area contributed by atoms with Crippen molar-refractivity contribution in [3.63, 3.8) is 0 Å². The number of benzene rings is 2. The molecule has 0 bridgehead atoms. The van der Waals surface area contributed by atoms with Crippen molar-refractivity contribution in [2.45, 2.75) is 23.8 Å². The minimum absolute atomic E-state index is 0.0747. The van der Waals surface area contributed by atoms with Crippen LogP contribution in [0.4, 0.5) is 5.69 Å². The van der Waals surface area contributed by atoms with Crippen molar-refractivity contribution >= 4 is 39.2 Å². The third-order valence-electron chi connectivity index (χ3n) is 4.21. The first kappa shape index (κ1) is 20.2. The quantitative estimate of drug-likeness (QED) is 0.692. The summed E-state index contributed by atoms with van der Waals surface area (Å²) in [6.07, 6.45) is 1.74. The van der Waals surface area contributed by atoms with E-state index in [-0.39, 0.29) is 27.2 Å². The second-order valence-electron chi connectivity index (χ2n) is 6.29. The molecular formula is C19H19ClN2O5S. The number of anilines is 1. The second-order valence-corrected chi connectivity index (χ2v) is 8.53. The number of amides is 1. The topological polar surface area (TPSA) is 92.8 Å². The third kappa shape index (κ3) is 4.28. The summed E-state index contributed by atoms with van der Waals surface area (Å²) in [6, 6.07) is 12.1. The standard InChI is InChI=1S/C19H19ClN2O5S/c1-27-19(24)14-6-2-5-9-17(14)28(25,26)22(12-18(23)21-13-10-11-13)16-8-4-3-7-15(16)20/h2-9,13H,10-12H2,1H3,(H,21,23). The zero-order valence-electron chi connectivity index (χ0n) is 15.1. The normalized spacial score (nSPS) is 13.6. The lowest BCUT2D eigenvalue weighted by molar-refractivity contribution is -0.119. The second kappa shape index (κ2) is 8.20. The van der Waals surface area contributed by atoms with E-state index in [0.717, 1.165) is 17.1 Å². The maximum atomic E-state index is 13.4. The van der Waals surface area contributed by atoms with E-state index in [9.17, 15) is 18.0 Å². The van der Waals surface area contributed by atoms with Gasteiger partial charge in [-0.05, 0) is 37.1 Å². The maximum absolute atomic E-state index is 13.4. The molecule has 1 fully saturated rings. The molecule has 0 saturated heterocycles. The van der Waals surface area contributed by atoms with Gasteiger partial charge in [-0.15, -0.1) is 0 Å². The number of rotatable bonds is 7. The molecule has 1 aliphatic carbocycles. The number of ether oxygens (including phenoxy) is 1. The van der Waals surface area contributed by atoms with Crippen molar-refractivity contribution in [2.24, 2.45) is 0 Å². The van der Waals surface area contributed by atoms with Gasteiger partial charge in [-0.2, -0.15) is 0 Å². The van der Waals surface area contributed by atoms with Crippen LogP contribution in [0.5, 0.6) is 0 Å². The van der Waals surface area contributed by atoms with Crippen LogP contribution in [-0.4, -0.2) is 40.0 Å². The average molecular weight is 423 g/mol. The fourth-order valence-corrected chi connectivity index (χ4v) is 4.58. The number of hydrogen-bond donors (Lipinski definition) is 1. The molecule has 0 radical (unpaired) electrons. The number of halogens is 1. The lowest BCUT2D eigenvalue weighted by Gasteiger charge is -2.25. The molecule has 0 heterocycles. The fourth-order valence-electron chi connectivity index (χ4n) is 2.67. The molecular weight excluding hydrogens is 404 g/mol. The molecule has 7 nitrogen and oxygen atoms in total. The molecule has 0 aliphatic heterocycles. The molecule has 1 saturated carbocycles. The Morgan fingerprint density at radius 3 is 2.43 bits per heavy atom. The van der Waals surface area contributed by atoms with Gasteiger partial charge >= 0.3 is 5.97 Å². The summed E-state index contributed by atoms with van der Waals surface area (Å²) in [4.78, 5) is 24.2. The van der Waals surface area contributed by atoms with Gasteiger partial charge in [-0.1, -0.05) is 35.9 Å². The number of carbonyl (C=O) groups is 2. The van der Waals surface area contributed by atoms with Gasteiger partial charge < -0.3 is 10.1 Å².